The fourth-order valence-corrected chi connectivity index (χ4v) is 2.80. The first kappa shape index (κ1) is 16.3. The second kappa shape index (κ2) is 6.49. The minimum Gasteiger partial charge on any atom is -0.349 e. The van der Waals surface area contributed by atoms with E-state index in [0.29, 0.717) is 0 Å². The molecular weight excluding hydrogens is 324 g/mol. The molecule has 0 aromatic heterocycles. The second-order valence-electron chi connectivity index (χ2n) is 5.81. The summed E-state index contributed by atoms with van der Waals surface area (Å²) in [6.07, 6.45) is 0. The summed E-state index contributed by atoms with van der Waals surface area (Å²) in [5, 5.41) is 2.96. The van der Waals surface area contributed by atoms with Gasteiger partial charge in [0.15, 0.2) is 0 Å². The Kier molecular flexibility index (Phi) is 4.40. The summed E-state index contributed by atoms with van der Waals surface area (Å²) >= 11 is 6.13. The van der Waals surface area contributed by atoms with Crippen molar-refractivity contribution < 1.29 is 9.59 Å². The van der Waals surface area contributed by atoms with Crippen LogP contribution in [0.15, 0.2) is 59.3 Å². The molecule has 5 heteroatoms. The second-order valence-corrected chi connectivity index (χ2v) is 6.19. The number of carbonyl (C=O) groups is 2. The van der Waals surface area contributed by atoms with Crippen molar-refractivity contribution in [2.24, 2.45) is 0 Å². The highest BCUT2D eigenvalue weighted by atomic mass is 35.5. The van der Waals surface area contributed by atoms with Gasteiger partial charge >= 0.3 is 0 Å². The Morgan fingerprint density at radius 1 is 1.00 bits per heavy atom. The van der Waals surface area contributed by atoms with Crippen molar-refractivity contribution in [3.05, 3.63) is 76.0 Å². The van der Waals surface area contributed by atoms with Crippen molar-refractivity contribution in [1.29, 1.82) is 0 Å². The summed E-state index contributed by atoms with van der Waals surface area (Å²) in [5.74, 6) is -0.881. The molecule has 122 valence electrons. The molecule has 2 aromatic carbocycles. The number of hydrogen-bond donors (Lipinski definition) is 1. The van der Waals surface area contributed by atoms with Crippen LogP contribution in [0.2, 0.25) is 0 Å². The molecule has 4 nitrogen and oxygen atoms in total. The minimum atomic E-state index is -0.474. The zero-order valence-electron chi connectivity index (χ0n) is 13.5. The third-order valence-corrected chi connectivity index (χ3v) is 4.30. The lowest BCUT2D eigenvalue weighted by atomic mass is 10.1. The van der Waals surface area contributed by atoms with Gasteiger partial charge in [-0.15, -0.1) is 0 Å². The lowest BCUT2D eigenvalue weighted by Gasteiger charge is -2.15. The zero-order valence-corrected chi connectivity index (χ0v) is 14.2. The molecule has 24 heavy (non-hydrogen) atoms. The van der Waals surface area contributed by atoms with Gasteiger partial charge in [-0.1, -0.05) is 54.1 Å². The highest BCUT2D eigenvalue weighted by Crippen LogP contribution is 2.28. The van der Waals surface area contributed by atoms with Gasteiger partial charge in [0, 0.05) is 5.69 Å². The van der Waals surface area contributed by atoms with E-state index in [-0.39, 0.29) is 17.3 Å². The van der Waals surface area contributed by atoms with Gasteiger partial charge in [-0.2, -0.15) is 0 Å². The van der Waals surface area contributed by atoms with Crippen LogP contribution in [0.5, 0.6) is 0 Å². The molecule has 2 aromatic rings. The number of halogens is 1. The molecule has 0 radical (unpaired) electrons. The van der Waals surface area contributed by atoms with Gasteiger partial charge in [-0.05, 0) is 36.6 Å². The summed E-state index contributed by atoms with van der Waals surface area (Å²) in [6, 6.07) is 15.2. The van der Waals surface area contributed by atoms with Gasteiger partial charge in [-0.25, -0.2) is 0 Å². The smallest absolute Gasteiger partial charge is 0.279 e. The summed E-state index contributed by atoms with van der Waals surface area (Å²) in [6.45, 7) is 4.09. The maximum Gasteiger partial charge on any atom is 0.279 e. The quantitative estimate of drug-likeness (QED) is 0.863. The van der Waals surface area contributed by atoms with Gasteiger partial charge in [0.25, 0.3) is 11.8 Å². The highest BCUT2D eigenvalue weighted by molar-refractivity contribution is 6.48. The predicted molar refractivity (Wildman–Crippen MR) is 94.4 cm³/mol. The third kappa shape index (κ3) is 3.05. The number of anilines is 1. The van der Waals surface area contributed by atoms with Crippen LogP contribution in [0, 0.1) is 13.8 Å². The Labute approximate surface area is 145 Å². The van der Waals surface area contributed by atoms with E-state index in [1.165, 1.54) is 0 Å². The van der Waals surface area contributed by atoms with E-state index >= 15 is 0 Å². The zero-order chi connectivity index (χ0) is 17.3. The molecule has 0 bridgehead atoms. The molecule has 0 atom stereocenters. The molecule has 0 unspecified atom stereocenters. The fraction of sp³-hybridized carbons (Fsp3) is 0.158. The Morgan fingerprint density at radius 2 is 1.71 bits per heavy atom. The number of benzene rings is 2. The summed E-state index contributed by atoms with van der Waals surface area (Å²) < 4.78 is 0. The van der Waals surface area contributed by atoms with E-state index in [1.807, 2.05) is 62.4 Å². The van der Waals surface area contributed by atoms with Crippen molar-refractivity contribution in [2.45, 2.75) is 20.4 Å². The van der Waals surface area contributed by atoms with Gasteiger partial charge in [-0.3, -0.25) is 14.5 Å². The predicted octanol–water partition coefficient (Wildman–Crippen LogP) is 3.73. The molecule has 0 spiro atoms. The third-order valence-electron chi connectivity index (χ3n) is 3.95. The molecule has 3 rings (SSSR count). The topological polar surface area (TPSA) is 49.4 Å². The monoisotopic (exact) mass is 340 g/mol. The van der Waals surface area contributed by atoms with Crippen LogP contribution in [0.25, 0.3) is 0 Å². The van der Waals surface area contributed by atoms with Crippen molar-refractivity contribution in [2.75, 3.05) is 5.32 Å². The minimum absolute atomic E-state index is 0.0724. The van der Waals surface area contributed by atoms with E-state index in [4.69, 9.17) is 11.6 Å². The first-order valence-corrected chi connectivity index (χ1v) is 7.99. The van der Waals surface area contributed by atoms with E-state index in [2.05, 4.69) is 5.32 Å². The standard InChI is InChI=1S/C19H17ClN2O2/c1-12-8-9-13(2)15(10-12)21-17-16(20)18(23)22(19(17)24)11-14-6-4-3-5-7-14/h3-10,21H,11H2,1-2H3. The molecule has 0 saturated heterocycles. The number of nitrogens with zero attached hydrogens (tertiary/aromatic N) is 1. The lowest BCUT2D eigenvalue weighted by molar-refractivity contribution is -0.138. The number of amides is 2. The largest absolute Gasteiger partial charge is 0.349 e. The average Bonchev–Trinajstić information content (AvgIpc) is 2.77. The summed E-state index contributed by atoms with van der Waals surface area (Å²) in [4.78, 5) is 26.1. The van der Waals surface area contributed by atoms with E-state index < -0.39 is 11.8 Å². The Bertz CT molecular complexity index is 844. The molecular formula is C19H17ClN2O2. The average molecular weight is 341 g/mol. The van der Waals surface area contributed by atoms with Crippen LogP contribution in [0.3, 0.4) is 0 Å². The van der Waals surface area contributed by atoms with Gasteiger partial charge in [0.1, 0.15) is 10.7 Å². The molecule has 0 aliphatic carbocycles. The molecule has 1 N–H and O–H groups in total. The van der Waals surface area contributed by atoms with Gasteiger partial charge in [0.2, 0.25) is 0 Å². The number of rotatable bonds is 4. The Morgan fingerprint density at radius 3 is 2.42 bits per heavy atom. The van der Waals surface area contributed by atoms with Gasteiger partial charge < -0.3 is 5.32 Å². The maximum atomic E-state index is 12.6. The van der Waals surface area contributed by atoms with Gasteiger partial charge in [0.05, 0.1) is 6.54 Å². The number of carbonyl (C=O) groups excluding carboxylic acids is 2. The molecule has 1 aliphatic rings. The Hall–Kier alpha value is -2.59. The van der Waals surface area contributed by atoms with Crippen molar-refractivity contribution in [3.63, 3.8) is 0 Å². The summed E-state index contributed by atoms with van der Waals surface area (Å²) in [5.41, 5.74) is 3.80. The molecule has 1 aliphatic heterocycles. The molecule has 1 heterocycles. The molecule has 0 fully saturated rings. The number of hydrogen-bond acceptors (Lipinski definition) is 3. The SMILES string of the molecule is Cc1ccc(C)c(NC2=C(Cl)C(=O)N(Cc3ccccc3)C2=O)c1. The van der Waals surface area contributed by atoms with Crippen LogP contribution in [0.4, 0.5) is 5.69 Å². The highest BCUT2D eigenvalue weighted by Gasteiger charge is 2.37. The van der Waals surface area contributed by atoms with Crippen LogP contribution in [-0.2, 0) is 16.1 Å². The number of nitrogens with one attached hydrogen (secondary N) is 1. The Balaban J connectivity index is 1.85. The van der Waals surface area contributed by atoms with Crippen LogP contribution < -0.4 is 5.32 Å². The van der Waals surface area contributed by atoms with Crippen LogP contribution >= 0.6 is 11.6 Å². The number of aryl methyl sites for hydroxylation is 2. The van der Waals surface area contributed by atoms with Crippen molar-refractivity contribution in [3.8, 4) is 0 Å². The van der Waals surface area contributed by atoms with Crippen molar-refractivity contribution in [1.82, 2.24) is 4.90 Å². The first-order chi connectivity index (χ1) is 11.5. The van der Waals surface area contributed by atoms with Crippen LogP contribution in [-0.4, -0.2) is 16.7 Å². The first-order valence-electron chi connectivity index (χ1n) is 7.61. The maximum absolute atomic E-state index is 12.6. The normalized spacial score (nSPS) is 14.5. The van der Waals surface area contributed by atoms with Crippen molar-refractivity contribution >= 4 is 29.1 Å². The molecule has 2 amide bonds. The van der Waals surface area contributed by atoms with E-state index in [9.17, 15) is 9.59 Å². The van der Waals surface area contributed by atoms with E-state index in [1.54, 1.807) is 0 Å². The number of imide groups is 1. The summed E-state index contributed by atoms with van der Waals surface area (Å²) in [7, 11) is 0. The molecule has 0 saturated carbocycles. The lowest BCUT2D eigenvalue weighted by Crippen LogP contribution is -2.31. The van der Waals surface area contributed by atoms with Crippen LogP contribution in [0.1, 0.15) is 16.7 Å². The fourth-order valence-electron chi connectivity index (χ4n) is 2.57. The van der Waals surface area contributed by atoms with E-state index in [0.717, 1.165) is 27.3 Å².